The van der Waals surface area contributed by atoms with E-state index in [1.54, 1.807) is 0 Å². The predicted octanol–water partition coefficient (Wildman–Crippen LogP) is -0.359. The van der Waals surface area contributed by atoms with Gasteiger partial charge in [0.15, 0.2) is 9.84 Å². The van der Waals surface area contributed by atoms with Crippen molar-refractivity contribution in [2.75, 3.05) is 24.6 Å². The van der Waals surface area contributed by atoms with Crippen molar-refractivity contribution in [1.82, 2.24) is 5.32 Å². The molecule has 0 saturated carbocycles. The van der Waals surface area contributed by atoms with Crippen LogP contribution in [-0.4, -0.2) is 33.0 Å². The standard InChI is InChI=1S/C7H13NO2S/c1-7-4-8-2-6(7)3-11(9,10)5-7/h6,8H,2-5H2,1H3. The monoisotopic (exact) mass is 175 g/mol. The number of hydrogen-bond donors (Lipinski definition) is 1. The molecule has 2 atom stereocenters. The fourth-order valence-electron chi connectivity index (χ4n) is 2.22. The minimum atomic E-state index is -2.70. The van der Waals surface area contributed by atoms with E-state index >= 15 is 0 Å². The summed E-state index contributed by atoms with van der Waals surface area (Å²) in [7, 11) is -2.70. The molecule has 0 aromatic carbocycles. The summed E-state index contributed by atoms with van der Waals surface area (Å²) in [6.45, 7) is 3.83. The summed E-state index contributed by atoms with van der Waals surface area (Å²) >= 11 is 0. The van der Waals surface area contributed by atoms with Gasteiger partial charge >= 0.3 is 0 Å². The molecule has 1 N–H and O–H groups in total. The Kier molecular flexibility index (Phi) is 1.36. The summed E-state index contributed by atoms with van der Waals surface area (Å²) in [4.78, 5) is 0. The zero-order valence-corrected chi connectivity index (χ0v) is 7.45. The largest absolute Gasteiger partial charge is 0.316 e. The second-order valence-corrected chi connectivity index (χ2v) is 6.15. The van der Waals surface area contributed by atoms with Crippen LogP contribution in [0, 0.1) is 11.3 Å². The lowest BCUT2D eigenvalue weighted by Crippen LogP contribution is -2.25. The number of rotatable bonds is 0. The first kappa shape index (κ1) is 7.55. The third kappa shape index (κ3) is 1.08. The third-order valence-corrected chi connectivity index (χ3v) is 4.92. The van der Waals surface area contributed by atoms with E-state index < -0.39 is 9.84 Å². The Morgan fingerprint density at radius 2 is 2.27 bits per heavy atom. The van der Waals surface area contributed by atoms with Crippen molar-refractivity contribution >= 4 is 9.84 Å². The molecule has 2 fully saturated rings. The van der Waals surface area contributed by atoms with Crippen LogP contribution in [0.2, 0.25) is 0 Å². The lowest BCUT2D eigenvalue weighted by Gasteiger charge is -2.19. The van der Waals surface area contributed by atoms with Gasteiger partial charge in [0, 0.05) is 6.54 Å². The quantitative estimate of drug-likeness (QED) is 0.547. The summed E-state index contributed by atoms with van der Waals surface area (Å²) in [5.74, 6) is 1.15. The van der Waals surface area contributed by atoms with Crippen LogP contribution in [0.15, 0.2) is 0 Å². The third-order valence-electron chi connectivity index (χ3n) is 2.91. The lowest BCUT2D eigenvalue weighted by atomic mass is 9.84. The van der Waals surface area contributed by atoms with Crippen molar-refractivity contribution in [3.8, 4) is 0 Å². The highest BCUT2D eigenvalue weighted by Crippen LogP contribution is 2.39. The van der Waals surface area contributed by atoms with Crippen molar-refractivity contribution in [2.24, 2.45) is 11.3 Å². The molecular formula is C7H13NO2S. The van der Waals surface area contributed by atoms with Crippen molar-refractivity contribution in [1.29, 1.82) is 0 Å². The number of hydrogen-bond acceptors (Lipinski definition) is 3. The van der Waals surface area contributed by atoms with E-state index in [4.69, 9.17) is 0 Å². The van der Waals surface area contributed by atoms with E-state index in [0.717, 1.165) is 13.1 Å². The Morgan fingerprint density at radius 1 is 1.55 bits per heavy atom. The molecule has 0 aliphatic carbocycles. The number of nitrogens with one attached hydrogen (secondary N) is 1. The molecule has 2 aliphatic heterocycles. The maximum absolute atomic E-state index is 11.2. The normalized spacial score (nSPS) is 47.5. The van der Waals surface area contributed by atoms with Gasteiger partial charge in [-0.2, -0.15) is 0 Å². The van der Waals surface area contributed by atoms with Gasteiger partial charge in [-0.3, -0.25) is 0 Å². The van der Waals surface area contributed by atoms with E-state index in [2.05, 4.69) is 12.2 Å². The molecule has 0 aromatic rings. The topological polar surface area (TPSA) is 46.2 Å². The SMILES string of the molecule is CC12CNCC1CS(=O)(=O)C2. The van der Waals surface area contributed by atoms with Gasteiger partial charge in [-0.25, -0.2) is 8.42 Å². The fourth-order valence-corrected chi connectivity index (χ4v) is 4.81. The molecule has 0 spiro atoms. The molecular weight excluding hydrogens is 162 g/mol. The van der Waals surface area contributed by atoms with E-state index in [-0.39, 0.29) is 5.41 Å². The van der Waals surface area contributed by atoms with Gasteiger partial charge in [-0.15, -0.1) is 0 Å². The Balaban J connectivity index is 2.33. The molecule has 2 heterocycles. The van der Waals surface area contributed by atoms with E-state index in [0.29, 0.717) is 17.4 Å². The summed E-state index contributed by atoms with van der Waals surface area (Å²) in [6, 6.07) is 0. The van der Waals surface area contributed by atoms with Crippen molar-refractivity contribution in [2.45, 2.75) is 6.92 Å². The van der Waals surface area contributed by atoms with Gasteiger partial charge in [-0.1, -0.05) is 6.92 Å². The smallest absolute Gasteiger partial charge is 0.151 e. The molecule has 11 heavy (non-hydrogen) atoms. The molecule has 4 heteroatoms. The van der Waals surface area contributed by atoms with Crippen LogP contribution in [0.4, 0.5) is 0 Å². The summed E-state index contributed by atoms with van der Waals surface area (Å²) in [6.07, 6.45) is 0. The molecule has 2 saturated heterocycles. The zero-order chi connectivity index (χ0) is 8.11. The predicted molar refractivity (Wildman–Crippen MR) is 43.1 cm³/mol. The molecule has 0 amide bonds. The maximum Gasteiger partial charge on any atom is 0.151 e. The minimum Gasteiger partial charge on any atom is -0.316 e. The highest BCUT2D eigenvalue weighted by Gasteiger charge is 2.49. The first-order valence-corrected chi connectivity index (χ1v) is 5.75. The van der Waals surface area contributed by atoms with Gasteiger partial charge in [0.1, 0.15) is 0 Å². The number of fused-ring (bicyclic) bond motifs is 1. The Morgan fingerprint density at radius 3 is 2.91 bits per heavy atom. The summed E-state index contributed by atoms with van der Waals surface area (Å²) in [5, 5.41) is 3.24. The maximum atomic E-state index is 11.2. The second kappa shape index (κ2) is 1.98. The highest BCUT2D eigenvalue weighted by atomic mass is 32.2. The van der Waals surface area contributed by atoms with Crippen molar-refractivity contribution in [3.63, 3.8) is 0 Å². The Hall–Kier alpha value is -0.0900. The van der Waals surface area contributed by atoms with Crippen LogP contribution in [0.5, 0.6) is 0 Å². The first-order chi connectivity index (χ1) is 5.02. The minimum absolute atomic E-state index is 0.0405. The van der Waals surface area contributed by atoms with E-state index in [1.165, 1.54) is 0 Å². The van der Waals surface area contributed by atoms with Gasteiger partial charge < -0.3 is 5.32 Å². The second-order valence-electron chi connectivity index (χ2n) is 4.04. The number of sulfone groups is 1. The Bertz CT molecular complexity index is 272. The van der Waals surface area contributed by atoms with Crippen molar-refractivity contribution < 1.29 is 8.42 Å². The van der Waals surface area contributed by atoms with Gasteiger partial charge in [0.25, 0.3) is 0 Å². The molecule has 3 nitrogen and oxygen atoms in total. The fraction of sp³-hybridized carbons (Fsp3) is 1.00. The van der Waals surface area contributed by atoms with Crippen LogP contribution in [-0.2, 0) is 9.84 Å². The molecule has 0 aromatic heterocycles. The molecule has 64 valence electrons. The lowest BCUT2D eigenvalue weighted by molar-refractivity contribution is 0.341. The first-order valence-electron chi connectivity index (χ1n) is 3.93. The Labute approximate surface area is 67.1 Å². The molecule has 2 unspecified atom stereocenters. The molecule has 2 rings (SSSR count). The van der Waals surface area contributed by atoms with Gasteiger partial charge in [0.05, 0.1) is 11.5 Å². The zero-order valence-electron chi connectivity index (χ0n) is 6.63. The van der Waals surface area contributed by atoms with Crippen LogP contribution in [0.25, 0.3) is 0 Å². The van der Waals surface area contributed by atoms with E-state index in [1.807, 2.05) is 0 Å². The van der Waals surface area contributed by atoms with Crippen LogP contribution in [0.1, 0.15) is 6.92 Å². The van der Waals surface area contributed by atoms with Crippen LogP contribution < -0.4 is 5.32 Å². The average molecular weight is 175 g/mol. The van der Waals surface area contributed by atoms with Gasteiger partial charge in [0.2, 0.25) is 0 Å². The summed E-state index contributed by atoms with van der Waals surface area (Å²) in [5.41, 5.74) is 0.0405. The van der Waals surface area contributed by atoms with E-state index in [9.17, 15) is 8.42 Å². The van der Waals surface area contributed by atoms with Crippen LogP contribution >= 0.6 is 0 Å². The summed E-state index contributed by atoms with van der Waals surface area (Å²) < 4.78 is 22.4. The highest BCUT2D eigenvalue weighted by molar-refractivity contribution is 7.91. The molecule has 2 aliphatic rings. The van der Waals surface area contributed by atoms with Crippen molar-refractivity contribution in [3.05, 3.63) is 0 Å². The molecule has 0 radical (unpaired) electrons. The average Bonchev–Trinajstić information content (AvgIpc) is 2.16. The van der Waals surface area contributed by atoms with Crippen LogP contribution in [0.3, 0.4) is 0 Å². The van der Waals surface area contributed by atoms with Gasteiger partial charge in [-0.05, 0) is 17.9 Å². The molecule has 0 bridgehead atoms.